The molecular weight excluding hydrogens is 312 g/mol. The lowest BCUT2D eigenvalue weighted by atomic mass is 10.1. The number of benzene rings is 1. The van der Waals surface area contributed by atoms with Crippen LogP contribution in [0.5, 0.6) is 0 Å². The molecule has 1 N–H and O–H groups in total. The summed E-state index contributed by atoms with van der Waals surface area (Å²) >= 11 is 0. The van der Waals surface area contributed by atoms with E-state index < -0.39 is 5.60 Å². The minimum atomic E-state index is -0.877. The maximum absolute atomic E-state index is 9.94. The van der Waals surface area contributed by atoms with Gasteiger partial charge >= 0.3 is 0 Å². The summed E-state index contributed by atoms with van der Waals surface area (Å²) in [5.74, 6) is 0.705. The second-order valence-electron chi connectivity index (χ2n) is 6.06. The van der Waals surface area contributed by atoms with E-state index in [0.29, 0.717) is 29.5 Å². The van der Waals surface area contributed by atoms with E-state index in [2.05, 4.69) is 25.4 Å². The molecule has 0 amide bonds. The van der Waals surface area contributed by atoms with E-state index in [9.17, 15) is 5.11 Å². The number of aliphatic hydroxyl groups is 1. The summed E-state index contributed by atoms with van der Waals surface area (Å²) < 4.78 is 11.8. The zero-order valence-corrected chi connectivity index (χ0v) is 13.0. The maximum atomic E-state index is 9.94. The molecule has 122 valence electrons. The van der Waals surface area contributed by atoms with E-state index in [-0.39, 0.29) is 0 Å². The number of hydrogen-bond acceptors (Lipinski definition) is 8. The van der Waals surface area contributed by atoms with Crippen LogP contribution in [0.2, 0.25) is 0 Å². The third-order valence-corrected chi connectivity index (χ3v) is 3.39. The number of hydrogen-bond donors (Lipinski definition) is 1. The monoisotopic (exact) mass is 326 g/mol. The van der Waals surface area contributed by atoms with Gasteiger partial charge in [-0.15, -0.1) is 5.10 Å². The molecular formula is C15H14N6O3. The predicted octanol–water partition coefficient (Wildman–Crippen LogP) is 1.91. The van der Waals surface area contributed by atoms with Crippen LogP contribution >= 0.6 is 0 Å². The summed E-state index contributed by atoms with van der Waals surface area (Å²) in [5, 5.41) is 22.0. The Balaban J connectivity index is 1.69. The van der Waals surface area contributed by atoms with Crippen LogP contribution in [0.4, 0.5) is 0 Å². The quantitative estimate of drug-likeness (QED) is 0.604. The van der Waals surface area contributed by atoms with E-state index in [1.54, 1.807) is 18.5 Å². The van der Waals surface area contributed by atoms with Gasteiger partial charge in [0.05, 0.1) is 17.7 Å². The Morgan fingerprint density at radius 1 is 1.29 bits per heavy atom. The molecule has 0 saturated carbocycles. The molecule has 0 unspecified atom stereocenters. The highest BCUT2D eigenvalue weighted by atomic mass is 16.5. The average molecular weight is 326 g/mol. The molecule has 4 aromatic rings. The zero-order valence-electron chi connectivity index (χ0n) is 13.0. The van der Waals surface area contributed by atoms with Gasteiger partial charge in [0.1, 0.15) is 17.5 Å². The first-order valence-electron chi connectivity index (χ1n) is 7.28. The fraction of sp³-hybridized carbons (Fsp3) is 0.267. The predicted molar refractivity (Wildman–Crippen MR) is 82.6 cm³/mol. The van der Waals surface area contributed by atoms with Crippen molar-refractivity contribution in [2.24, 2.45) is 0 Å². The smallest absolute Gasteiger partial charge is 0.258 e. The lowest BCUT2D eigenvalue weighted by Gasteiger charge is -2.16. The van der Waals surface area contributed by atoms with Crippen LogP contribution in [0.3, 0.4) is 0 Å². The number of nitrogens with zero attached hydrogens (tertiary/aromatic N) is 6. The molecule has 9 nitrogen and oxygen atoms in total. The fourth-order valence-corrected chi connectivity index (χ4v) is 2.36. The van der Waals surface area contributed by atoms with Gasteiger partial charge < -0.3 is 14.0 Å². The normalized spacial score (nSPS) is 12.1. The van der Waals surface area contributed by atoms with Crippen LogP contribution in [0.1, 0.15) is 13.8 Å². The lowest BCUT2D eigenvalue weighted by Crippen LogP contribution is -2.26. The highest BCUT2D eigenvalue weighted by molar-refractivity contribution is 5.79. The minimum absolute atomic E-state index is 0.347. The summed E-state index contributed by atoms with van der Waals surface area (Å²) in [7, 11) is 0. The van der Waals surface area contributed by atoms with Crippen molar-refractivity contribution >= 4 is 11.0 Å². The van der Waals surface area contributed by atoms with E-state index in [1.165, 1.54) is 12.7 Å². The van der Waals surface area contributed by atoms with Gasteiger partial charge in [-0.2, -0.15) is 4.98 Å². The molecule has 1 aromatic carbocycles. The van der Waals surface area contributed by atoms with Gasteiger partial charge in [0, 0.05) is 5.56 Å². The van der Waals surface area contributed by atoms with Crippen molar-refractivity contribution in [3.05, 3.63) is 30.9 Å². The van der Waals surface area contributed by atoms with Crippen molar-refractivity contribution < 1.29 is 14.0 Å². The number of oxazole rings is 1. The van der Waals surface area contributed by atoms with Crippen LogP contribution < -0.4 is 0 Å². The Hall–Kier alpha value is -3.07. The second-order valence-corrected chi connectivity index (χ2v) is 6.06. The van der Waals surface area contributed by atoms with E-state index in [0.717, 1.165) is 11.1 Å². The fourth-order valence-electron chi connectivity index (χ4n) is 2.36. The molecule has 4 rings (SSSR count). The van der Waals surface area contributed by atoms with Crippen molar-refractivity contribution in [3.8, 4) is 23.0 Å². The van der Waals surface area contributed by atoms with Gasteiger partial charge in [-0.1, -0.05) is 10.4 Å². The van der Waals surface area contributed by atoms with Crippen LogP contribution in [-0.4, -0.2) is 40.8 Å². The lowest BCUT2D eigenvalue weighted by molar-refractivity contribution is 0.0585. The Morgan fingerprint density at radius 3 is 2.92 bits per heavy atom. The molecule has 24 heavy (non-hydrogen) atoms. The molecule has 3 aromatic heterocycles. The van der Waals surface area contributed by atoms with Gasteiger partial charge in [0.2, 0.25) is 5.82 Å². The average Bonchev–Trinajstić information content (AvgIpc) is 3.26. The van der Waals surface area contributed by atoms with E-state index in [1.807, 2.05) is 18.2 Å². The van der Waals surface area contributed by atoms with Crippen LogP contribution in [-0.2, 0) is 6.54 Å². The third-order valence-electron chi connectivity index (χ3n) is 3.39. The molecule has 0 aliphatic heterocycles. The standard InChI is InChI=1S/C15H14N6O3/c1-15(2,22)7-21-12-4-3-9(5-10(12)18-20-21)14-17-13(19-24-14)11-6-23-8-16-11/h3-6,8,22H,7H2,1-2H3. The molecule has 0 fully saturated rings. The largest absolute Gasteiger partial charge is 0.451 e. The van der Waals surface area contributed by atoms with Crippen molar-refractivity contribution in [2.75, 3.05) is 0 Å². The summed E-state index contributed by atoms with van der Waals surface area (Å²) in [5.41, 5.74) is 1.84. The highest BCUT2D eigenvalue weighted by Gasteiger charge is 2.18. The molecule has 0 aliphatic rings. The Bertz CT molecular complexity index is 980. The minimum Gasteiger partial charge on any atom is -0.451 e. The van der Waals surface area contributed by atoms with Crippen molar-refractivity contribution in [3.63, 3.8) is 0 Å². The molecule has 0 radical (unpaired) electrons. The second kappa shape index (κ2) is 5.24. The topological polar surface area (TPSA) is 116 Å². The third kappa shape index (κ3) is 2.65. The number of aromatic nitrogens is 6. The first kappa shape index (κ1) is 14.5. The van der Waals surface area contributed by atoms with Crippen molar-refractivity contribution in [1.29, 1.82) is 0 Å². The van der Waals surface area contributed by atoms with Crippen LogP contribution in [0.15, 0.2) is 39.8 Å². The van der Waals surface area contributed by atoms with Gasteiger partial charge in [-0.3, -0.25) is 0 Å². The zero-order chi connectivity index (χ0) is 16.7. The van der Waals surface area contributed by atoms with Gasteiger partial charge in [-0.25, -0.2) is 9.67 Å². The van der Waals surface area contributed by atoms with Crippen LogP contribution in [0, 0.1) is 0 Å². The first-order valence-corrected chi connectivity index (χ1v) is 7.28. The first-order chi connectivity index (χ1) is 11.5. The summed E-state index contributed by atoms with van der Waals surface area (Å²) in [4.78, 5) is 8.28. The van der Waals surface area contributed by atoms with Crippen LogP contribution in [0.25, 0.3) is 34.0 Å². The van der Waals surface area contributed by atoms with Gasteiger partial charge in [0.15, 0.2) is 6.39 Å². The number of fused-ring (bicyclic) bond motifs is 1. The molecule has 0 spiro atoms. The Kier molecular flexibility index (Phi) is 3.17. The molecule has 3 heterocycles. The van der Waals surface area contributed by atoms with Gasteiger partial charge in [0.25, 0.3) is 5.89 Å². The Morgan fingerprint density at radius 2 is 2.17 bits per heavy atom. The SMILES string of the molecule is CC(C)(O)Cn1nnc2cc(-c3nc(-c4cocn4)no3)ccc21. The molecule has 0 aliphatic carbocycles. The molecule has 0 atom stereocenters. The van der Waals surface area contributed by atoms with Crippen molar-refractivity contribution in [2.45, 2.75) is 26.0 Å². The molecule has 9 heteroatoms. The maximum Gasteiger partial charge on any atom is 0.258 e. The van der Waals surface area contributed by atoms with Gasteiger partial charge in [-0.05, 0) is 32.0 Å². The highest BCUT2D eigenvalue weighted by Crippen LogP contribution is 2.24. The molecule has 0 bridgehead atoms. The van der Waals surface area contributed by atoms with Crippen molar-refractivity contribution in [1.82, 2.24) is 30.1 Å². The Labute approximate surface area is 135 Å². The molecule has 0 saturated heterocycles. The van der Waals surface area contributed by atoms with E-state index in [4.69, 9.17) is 8.94 Å². The summed E-state index contributed by atoms with van der Waals surface area (Å²) in [6.45, 7) is 3.79. The summed E-state index contributed by atoms with van der Waals surface area (Å²) in [6, 6.07) is 5.51. The summed E-state index contributed by atoms with van der Waals surface area (Å²) in [6.07, 6.45) is 2.75. The van der Waals surface area contributed by atoms with E-state index >= 15 is 0 Å². The number of rotatable bonds is 4.